The maximum atomic E-state index is 5.72. The summed E-state index contributed by atoms with van der Waals surface area (Å²) >= 11 is 0. The zero-order valence-electron chi connectivity index (χ0n) is 11.6. The van der Waals surface area contributed by atoms with Gasteiger partial charge in [0.1, 0.15) is 5.75 Å². The Balaban J connectivity index is 1.67. The molecule has 1 aliphatic carbocycles. The summed E-state index contributed by atoms with van der Waals surface area (Å²) in [6.45, 7) is 0.815. The highest BCUT2D eigenvalue weighted by atomic mass is 16.5. The van der Waals surface area contributed by atoms with E-state index >= 15 is 0 Å². The van der Waals surface area contributed by atoms with Crippen molar-refractivity contribution in [2.75, 3.05) is 13.7 Å². The molecule has 3 atom stereocenters. The Labute approximate surface area is 115 Å². The molecule has 0 aromatic heterocycles. The highest BCUT2D eigenvalue weighted by Crippen LogP contribution is 2.33. The van der Waals surface area contributed by atoms with Gasteiger partial charge in [-0.2, -0.15) is 0 Å². The highest BCUT2D eigenvalue weighted by Gasteiger charge is 2.27. The maximum Gasteiger partial charge on any atom is 0.124 e. The highest BCUT2D eigenvalue weighted by molar-refractivity contribution is 5.37. The van der Waals surface area contributed by atoms with Crippen molar-refractivity contribution >= 4 is 0 Å². The molecule has 0 saturated heterocycles. The minimum Gasteiger partial charge on any atom is -0.493 e. The van der Waals surface area contributed by atoms with Gasteiger partial charge in [-0.15, -0.1) is 0 Å². The Morgan fingerprint density at radius 2 is 2.11 bits per heavy atom. The van der Waals surface area contributed by atoms with Crippen LogP contribution in [0, 0.1) is 0 Å². The van der Waals surface area contributed by atoms with Crippen LogP contribution in [0.3, 0.4) is 0 Å². The maximum absolute atomic E-state index is 5.72. The molecule has 1 saturated carbocycles. The van der Waals surface area contributed by atoms with Crippen LogP contribution < -0.4 is 10.1 Å². The average Bonchev–Trinajstić information content (AvgIpc) is 2.48. The first-order valence-electron chi connectivity index (χ1n) is 7.37. The lowest BCUT2D eigenvalue weighted by atomic mass is 9.90. The number of hydrogen-bond acceptors (Lipinski definition) is 3. The second-order valence-corrected chi connectivity index (χ2v) is 5.62. The van der Waals surface area contributed by atoms with Crippen molar-refractivity contribution in [3.63, 3.8) is 0 Å². The molecule has 0 bridgehead atoms. The predicted octanol–water partition coefficient (Wildman–Crippen LogP) is 3.06. The normalized spacial score (nSPS) is 30.5. The fraction of sp³-hybridized carbons (Fsp3) is 0.625. The second kappa shape index (κ2) is 5.93. The van der Waals surface area contributed by atoms with Gasteiger partial charge >= 0.3 is 0 Å². The molecule has 1 aliphatic heterocycles. The van der Waals surface area contributed by atoms with Gasteiger partial charge in [0.15, 0.2) is 0 Å². The molecule has 1 N–H and O–H groups in total. The SMILES string of the molecule is COC1CCCC(NC2CCOc3ccccc32)C1. The van der Waals surface area contributed by atoms with Crippen molar-refractivity contribution in [3.8, 4) is 5.75 Å². The van der Waals surface area contributed by atoms with E-state index in [0.29, 0.717) is 18.2 Å². The van der Waals surface area contributed by atoms with E-state index < -0.39 is 0 Å². The van der Waals surface area contributed by atoms with Crippen molar-refractivity contribution in [2.45, 2.75) is 50.3 Å². The first-order chi connectivity index (χ1) is 9.36. The van der Waals surface area contributed by atoms with E-state index in [2.05, 4.69) is 23.5 Å². The monoisotopic (exact) mass is 261 g/mol. The number of methoxy groups -OCH3 is 1. The van der Waals surface area contributed by atoms with Crippen LogP contribution in [0.5, 0.6) is 5.75 Å². The van der Waals surface area contributed by atoms with Gasteiger partial charge in [-0.25, -0.2) is 0 Å². The van der Waals surface area contributed by atoms with Crippen LogP contribution >= 0.6 is 0 Å². The lowest BCUT2D eigenvalue weighted by molar-refractivity contribution is 0.0556. The molecule has 19 heavy (non-hydrogen) atoms. The standard InChI is InChI=1S/C16H23NO2/c1-18-13-6-4-5-12(11-13)17-15-9-10-19-16-8-3-2-7-14(15)16/h2-3,7-8,12-13,15,17H,4-6,9-11H2,1H3. The Morgan fingerprint density at radius 1 is 1.21 bits per heavy atom. The van der Waals surface area contributed by atoms with Crippen LogP contribution in [0.15, 0.2) is 24.3 Å². The smallest absolute Gasteiger partial charge is 0.124 e. The molecule has 1 heterocycles. The van der Waals surface area contributed by atoms with E-state index in [0.717, 1.165) is 25.2 Å². The van der Waals surface area contributed by atoms with E-state index in [1.807, 2.05) is 13.2 Å². The molecule has 3 unspecified atom stereocenters. The van der Waals surface area contributed by atoms with Crippen LogP contribution in [-0.4, -0.2) is 25.9 Å². The van der Waals surface area contributed by atoms with Crippen LogP contribution in [-0.2, 0) is 4.74 Å². The fourth-order valence-electron chi connectivity index (χ4n) is 3.31. The molecule has 1 fully saturated rings. The van der Waals surface area contributed by atoms with Crippen LogP contribution in [0.25, 0.3) is 0 Å². The summed E-state index contributed by atoms with van der Waals surface area (Å²) < 4.78 is 11.2. The van der Waals surface area contributed by atoms with Crippen LogP contribution in [0.1, 0.15) is 43.7 Å². The van der Waals surface area contributed by atoms with Gasteiger partial charge in [-0.1, -0.05) is 18.2 Å². The molecule has 3 rings (SSSR count). The largest absolute Gasteiger partial charge is 0.493 e. The van der Waals surface area contributed by atoms with Gasteiger partial charge in [0.05, 0.1) is 12.7 Å². The third-order valence-corrected chi connectivity index (χ3v) is 4.35. The fourth-order valence-corrected chi connectivity index (χ4v) is 3.31. The Hall–Kier alpha value is -1.06. The van der Waals surface area contributed by atoms with Gasteiger partial charge in [-0.3, -0.25) is 0 Å². The number of benzene rings is 1. The molecular formula is C16H23NO2. The summed E-state index contributed by atoms with van der Waals surface area (Å²) in [7, 11) is 1.83. The lowest BCUT2D eigenvalue weighted by Gasteiger charge is -2.34. The zero-order valence-corrected chi connectivity index (χ0v) is 11.6. The molecule has 0 amide bonds. The quantitative estimate of drug-likeness (QED) is 0.907. The second-order valence-electron chi connectivity index (χ2n) is 5.62. The summed E-state index contributed by atoms with van der Waals surface area (Å²) in [5.41, 5.74) is 1.31. The Bertz CT molecular complexity index is 421. The summed E-state index contributed by atoms with van der Waals surface area (Å²) in [5, 5.41) is 3.82. The van der Waals surface area contributed by atoms with Crippen LogP contribution in [0.4, 0.5) is 0 Å². The van der Waals surface area contributed by atoms with Crippen molar-refractivity contribution < 1.29 is 9.47 Å². The molecule has 2 aliphatic rings. The van der Waals surface area contributed by atoms with Gasteiger partial charge in [0.25, 0.3) is 0 Å². The number of fused-ring (bicyclic) bond motifs is 1. The number of para-hydroxylation sites is 1. The molecule has 3 nitrogen and oxygen atoms in total. The van der Waals surface area contributed by atoms with Crippen LogP contribution in [0.2, 0.25) is 0 Å². The summed E-state index contributed by atoms with van der Waals surface area (Å²) in [5.74, 6) is 1.05. The predicted molar refractivity (Wildman–Crippen MR) is 75.5 cm³/mol. The molecule has 1 aromatic rings. The minimum absolute atomic E-state index is 0.432. The van der Waals surface area contributed by atoms with E-state index in [1.54, 1.807) is 0 Å². The molecular weight excluding hydrogens is 238 g/mol. The van der Waals surface area contributed by atoms with Gasteiger partial charge < -0.3 is 14.8 Å². The summed E-state index contributed by atoms with van der Waals surface area (Å²) in [4.78, 5) is 0. The lowest BCUT2D eigenvalue weighted by Crippen LogP contribution is -2.40. The van der Waals surface area contributed by atoms with E-state index in [4.69, 9.17) is 9.47 Å². The molecule has 0 radical (unpaired) electrons. The zero-order chi connectivity index (χ0) is 13.1. The third-order valence-electron chi connectivity index (χ3n) is 4.35. The van der Waals surface area contributed by atoms with Gasteiger partial charge in [-0.05, 0) is 31.7 Å². The Morgan fingerprint density at radius 3 is 3.00 bits per heavy atom. The summed E-state index contributed by atoms with van der Waals surface area (Å²) in [6.07, 6.45) is 6.36. The van der Waals surface area contributed by atoms with Gasteiger partial charge in [0, 0.05) is 31.2 Å². The molecule has 1 aromatic carbocycles. The number of rotatable bonds is 3. The van der Waals surface area contributed by atoms with E-state index in [-0.39, 0.29) is 0 Å². The average molecular weight is 261 g/mol. The number of ether oxygens (including phenoxy) is 2. The summed E-state index contributed by atoms with van der Waals surface area (Å²) in [6, 6.07) is 9.41. The number of nitrogens with one attached hydrogen (secondary N) is 1. The minimum atomic E-state index is 0.432. The number of hydrogen-bond donors (Lipinski definition) is 1. The van der Waals surface area contributed by atoms with E-state index in [1.165, 1.54) is 24.8 Å². The third kappa shape index (κ3) is 2.93. The molecule has 0 spiro atoms. The van der Waals surface area contributed by atoms with Crippen molar-refractivity contribution in [1.29, 1.82) is 0 Å². The first-order valence-corrected chi connectivity index (χ1v) is 7.37. The topological polar surface area (TPSA) is 30.5 Å². The molecule has 3 heteroatoms. The van der Waals surface area contributed by atoms with E-state index in [9.17, 15) is 0 Å². The molecule has 104 valence electrons. The first kappa shape index (κ1) is 12.9. The van der Waals surface area contributed by atoms with Crippen molar-refractivity contribution in [2.24, 2.45) is 0 Å². The van der Waals surface area contributed by atoms with Crippen molar-refractivity contribution in [3.05, 3.63) is 29.8 Å². The van der Waals surface area contributed by atoms with Crippen molar-refractivity contribution in [1.82, 2.24) is 5.32 Å². The Kier molecular flexibility index (Phi) is 4.04. The van der Waals surface area contributed by atoms with Gasteiger partial charge in [0.2, 0.25) is 0 Å².